The molecule has 0 radical (unpaired) electrons. The van der Waals surface area contributed by atoms with Gasteiger partial charge in [0.2, 0.25) is 5.95 Å². The molecule has 1 atom stereocenters. The van der Waals surface area contributed by atoms with E-state index in [2.05, 4.69) is 30.9 Å². The van der Waals surface area contributed by atoms with Gasteiger partial charge in [0, 0.05) is 24.8 Å². The molecule has 4 N–H and O–H groups in total. The number of anilines is 2. The summed E-state index contributed by atoms with van der Waals surface area (Å²) in [7, 11) is 0. The number of pyridine rings is 1. The van der Waals surface area contributed by atoms with Crippen molar-refractivity contribution in [3.8, 4) is 11.4 Å². The van der Waals surface area contributed by atoms with Crippen LogP contribution in [0, 0.1) is 5.92 Å². The summed E-state index contributed by atoms with van der Waals surface area (Å²) in [4.78, 5) is 13.5. The lowest BCUT2D eigenvalue weighted by Gasteiger charge is -2.22. The van der Waals surface area contributed by atoms with Gasteiger partial charge in [-0.25, -0.2) is 4.98 Å². The minimum atomic E-state index is -0.114. The zero-order chi connectivity index (χ0) is 18.2. The molecule has 2 aromatic rings. The van der Waals surface area contributed by atoms with Gasteiger partial charge in [-0.3, -0.25) is 4.98 Å². The summed E-state index contributed by atoms with van der Waals surface area (Å²) < 4.78 is 0. The fourth-order valence-corrected chi connectivity index (χ4v) is 3.09. The molecule has 3 heterocycles. The van der Waals surface area contributed by atoms with Crippen molar-refractivity contribution in [2.24, 2.45) is 5.92 Å². The van der Waals surface area contributed by atoms with Gasteiger partial charge in [0.05, 0.1) is 18.0 Å². The van der Waals surface area contributed by atoms with E-state index >= 15 is 0 Å². The second-order valence-electron chi connectivity index (χ2n) is 6.81. The van der Waals surface area contributed by atoms with E-state index < -0.39 is 0 Å². The third kappa shape index (κ3) is 5.37. The molecule has 2 aromatic heterocycles. The largest absolute Gasteiger partial charge is 0.394 e. The molecular weight excluding hydrogens is 328 g/mol. The third-order valence-corrected chi connectivity index (χ3v) is 4.62. The van der Waals surface area contributed by atoms with E-state index in [1.165, 1.54) is 12.8 Å². The first kappa shape index (κ1) is 18.5. The Morgan fingerprint density at radius 1 is 1.23 bits per heavy atom. The number of aliphatic hydroxyl groups is 1. The molecule has 7 heteroatoms. The molecule has 0 unspecified atom stereocenters. The molecule has 0 saturated carbocycles. The van der Waals surface area contributed by atoms with Gasteiger partial charge in [0.1, 0.15) is 5.82 Å². The maximum absolute atomic E-state index is 9.29. The number of rotatable bonds is 8. The van der Waals surface area contributed by atoms with E-state index in [4.69, 9.17) is 0 Å². The first-order chi connectivity index (χ1) is 12.7. The lowest BCUT2D eigenvalue weighted by atomic mass is 9.95. The monoisotopic (exact) mass is 356 g/mol. The summed E-state index contributed by atoms with van der Waals surface area (Å²) in [5.41, 5.74) is 1.56. The van der Waals surface area contributed by atoms with Crippen molar-refractivity contribution in [3.05, 3.63) is 30.5 Å². The van der Waals surface area contributed by atoms with Crippen LogP contribution in [0.1, 0.15) is 26.2 Å². The van der Waals surface area contributed by atoms with Crippen molar-refractivity contribution in [1.29, 1.82) is 0 Å². The van der Waals surface area contributed by atoms with Gasteiger partial charge in [0.25, 0.3) is 0 Å². The van der Waals surface area contributed by atoms with Gasteiger partial charge in [-0.2, -0.15) is 4.98 Å². The van der Waals surface area contributed by atoms with Crippen LogP contribution in [0.3, 0.4) is 0 Å². The van der Waals surface area contributed by atoms with Crippen LogP contribution in [0.15, 0.2) is 30.5 Å². The Bertz CT molecular complexity index is 675. The Balaban J connectivity index is 1.71. The zero-order valence-electron chi connectivity index (χ0n) is 15.3. The number of piperidine rings is 1. The van der Waals surface area contributed by atoms with Crippen molar-refractivity contribution in [2.45, 2.75) is 32.2 Å². The predicted molar refractivity (Wildman–Crippen MR) is 104 cm³/mol. The Labute approximate surface area is 154 Å². The molecule has 3 rings (SSSR count). The molecule has 7 nitrogen and oxygen atoms in total. The number of nitrogens with one attached hydrogen (secondary N) is 3. The maximum atomic E-state index is 9.29. The molecule has 140 valence electrons. The first-order valence-corrected chi connectivity index (χ1v) is 9.37. The Morgan fingerprint density at radius 3 is 2.81 bits per heavy atom. The number of hydrogen-bond acceptors (Lipinski definition) is 7. The van der Waals surface area contributed by atoms with Gasteiger partial charge in [-0.05, 0) is 57.3 Å². The van der Waals surface area contributed by atoms with Crippen LogP contribution in [0.5, 0.6) is 0 Å². The molecule has 0 aromatic carbocycles. The van der Waals surface area contributed by atoms with Gasteiger partial charge >= 0.3 is 0 Å². The van der Waals surface area contributed by atoms with Crippen LogP contribution in [0.4, 0.5) is 11.8 Å². The van der Waals surface area contributed by atoms with Crippen molar-refractivity contribution >= 4 is 11.8 Å². The lowest BCUT2D eigenvalue weighted by Crippen LogP contribution is -2.28. The average molecular weight is 356 g/mol. The van der Waals surface area contributed by atoms with Crippen molar-refractivity contribution in [1.82, 2.24) is 20.3 Å². The molecule has 1 saturated heterocycles. The smallest absolute Gasteiger partial charge is 0.225 e. The van der Waals surface area contributed by atoms with Crippen LogP contribution in [-0.2, 0) is 0 Å². The summed E-state index contributed by atoms with van der Waals surface area (Å²) in [6.45, 7) is 5.04. The van der Waals surface area contributed by atoms with E-state index in [0.29, 0.717) is 5.95 Å². The number of nitrogens with zero attached hydrogens (tertiary/aromatic N) is 3. The van der Waals surface area contributed by atoms with Crippen LogP contribution < -0.4 is 16.0 Å². The highest BCUT2D eigenvalue weighted by Gasteiger charge is 2.13. The fourth-order valence-electron chi connectivity index (χ4n) is 3.09. The molecule has 1 fully saturated rings. The van der Waals surface area contributed by atoms with Crippen molar-refractivity contribution < 1.29 is 5.11 Å². The second kappa shape index (κ2) is 9.45. The minimum Gasteiger partial charge on any atom is -0.394 e. The Kier molecular flexibility index (Phi) is 6.74. The molecule has 0 bridgehead atoms. The molecule has 0 aliphatic carbocycles. The number of aliphatic hydroxyl groups excluding tert-OH is 1. The molecule has 1 aliphatic rings. The van der Waals surface area contributed by atoms with Crippen LogP contribution in [0.2, 0.25) is 0 Å². The predicted octanol–water partition coefficient (Wildman–Crippen LogP) is 2.13. The molecular formula is C19H28N6O. The van der Waals surface area contributed by atoms with Crippen LogP contribution in [-0.4, -0.2) is 52.3 Å². The van der Waals surface area contributed by atoms with Gasteiger partial charge < -0.3 is 21.1 Å². The number of aromatic nitrogens is 3. The van der Waals surface area contributed by atoms with Crippen LogP contribution in [0.25, 0.3) is 11.4 Å². The normalized spacial score (nSPS) is 16.2. The third-order valence-electron chi connectivity index (χ3n) is 4.62. The minimum absolute atomic E-state index is 0.0235. The van der Waals surface area contributed by atoms with Gasteiger partial charge in [0.15, 0.2) is 0 Å². The van der Waals surface area contributed by atoms with E-state index in [1.54, 1.807) is 6.20 Å². The standard InChI is InChI=1S/C19H28N6O/c1-14(13-26)23-19-24-17(16-4-2-3-8-21-16)12-18(25-19)22-11-7-15-5-9-20-10-6-15/h2-4,8,12,14-15,20,26H,5-7,9-11,13H2,1H3,(H2,22,23,24,25)/t14-/m1/s1. The van der Waals surface area contributed by atoms with E-state index in [9.17, 15) is 5.11 Å². The fraction of sp³-hybridized carbons (Fsp3) is 0.526. The van der Waals surface area contributed by atoms with Gasteiger partial charge in [-0.1, -0.05) is 6.07 Å². The van der Waals surface area contributed by atoms with Gasteiger partial charge in [-0.15, -0.1) is 0 Å². The Hall–Kier alpha value is -2.25. The summed E-state index contributed by atoms with van der Waals surface area (Å²) in [5, 5.41) is 19.3. The van der Waals surface area contributed by atoms with E-state index in [0.717, 1.165) is 49.2 Å². The SMILES string of the molecule is C[C@H](CO)Nc1nc(NCCC2CCNCC2)cc(-c2ccccn2)n1. The summed E-state index contributed by atoms with van der Waals surface area (Å²) in [6, 6.07) is 7.57. The highest BCUT2D eigenvalue weighted by molar-refractivity contribution is 5.60. The maximum Gasteiger partial charge on any atom is 0.225 e. The quantitative estimate of drug-likeness (QED) is 0.575. The highest BCUT2D eigenvalue weighted by Crippen LogP contribution is 2.21. The van der Waals surface area contributed by atoms with E-state index in [1.807, 2.05) is 31.2 Å². The van der Waals surface area contributed by atoms with E-state index in [-0.39, 0.29) is 12.6 Å². The number of hydrogen-bond donors (Lipinski definition) is 4. The summed E-state index contributed by atoms with van der Waals surface area (Å²) >= 11 is 0. The molecule has 0 spiro atoms. The average Bonchev–Trinajstić information content (AvgIpc) is 2.69. The highest BCUT2D eigenvalue weighted by atomic mass is 16.3. The second-order valence-corrected chi connectivity index (χ2v) is 6.81. The lowest BCUT2D eigenvalue weighted by molar-refractivity contribution is 0.281. The molecule has 26 heavy (non-hydrogen) atoms. The Morgan fingerprint density at radius 2 is 2.08 bits per heavy atom. The first-order valence-electron chi connectivity index (χ1n) is 9.37. The van der Waals surface area contributed by atoms with Crippen molar-refractivity contribution in [3.63, 3.8) is 0 Å². The summed E-state index contributed by atoms with van der Waals surface area (Å²) in [6.07, 6.45) is 5.38. The zero-order valence-corrected chi connectivity index (χ0v) is 15.3. The van der Waals surface area contributed by atoms with Crippen LogP contribution >= 0.6 is 0 Å². The molecule has 0 amide bonds. The summed E-state index contributed by atoms with van der Waals surface area (Å²) in [5.74, 6) is 2.05. The van der Waals surface area contributed by atoms with Crippen molar-refractivity contribution in [2.75, 3.05) is 36.9 Å². The molecule has 1 aliphatic heterocycles. The topological polar surface area (TPSA) is 95.0 Å².